The Hall–Kier alpha value is -3.51. The van der Waals surface area contributed by atoms with Gasteiger partial charge in [0.15, 0.2) is 0 Å². The van der Waals surface area contributed by atoms with Crippen molar-refractivity contribution in [2.45, 2.75) is 50.2 Å². The third-order valence-electron chi connectivity index (χ3n) is 4.66. The number of amides is 3. The van der Waals surface area contributed by atoms with Crippen LogP contribution in [-0.2, 0) is 30.4 Å². The molecule has 33 heavy (non-hydrogen) atoms. The second kappa shape index (κ2) is 14.5. The maximum atomic E-state index is 12.7. The van der Waals surface area contributed by atoms with Crippen molar-refractivity contribution in [1.29, 1.82) is 0 Å². The van der Waals surface area contributed by atoms with Crippen LogP contribution in [0.1, 0.15) is 31.2 Å². The van der Waals surface area contributed by atoms with Crippen molar-refractivity contribution in [2.24, 2.45) is 11.5 Å². The molecule has 3 amide bonds. The zero-order valence-corrected chi connectivity index (χ0v) is 18.2. The summed E-state index contributed by atoms with van der Waals surface area (Å²) in [5.74, 6) is -5.02. The first-order valence-corrected chi connectivity index (χ1v) is 10.5. The third-order valence-corrected chi connectivity index (χ3v) is 4.66. The summed E-state index contributed by atoms with van der Waals surface area (Å²) in [6.45, 7) is -0.128. The van der Waals surface area contributed by atoms with Gasteiger partial charge < -0.3 is 37.6 Å². The Balaban J connectivity index is 2.76. The van der Waals surface area contributed by atoms with E-state index in [9.17, 15) is 24.0 Å². The number of aliphatic carboxylic acids is 2. The van der Waals surface area contributed by atoms with E-state index in [1.54, 1.807) is 30.3 Å². The second-order valence-electron chi connectivity index (χ2n) is 7.42. The van der Waals surface area contributed by atoms with Crippen molar-refractivity contribution >= 4 is 29.7 Å². The van der Waals surface area contributed by atoms with E-state index in [2.05, 4.69) is 10.6 Å². The molecule has 1 aromatic rings. The van der Waals surface area contributed by atoms with Gasteiger partial charge in [-0.3, -0.25) is 19.2 Å². The highest BCUT2D eigenvalue weighted by molar-refractivity contribution is 5.93. The van der Waals surface area contributed by atoms with Crippen LogP contribution < -0.4 is 27.4 Å². The lowest BCUT2D eigenvalue weighted by molar-refractivity contribution is -0.147. The Morgan fingerprint density at radius 3 is 2.15 bits per heavy atom. The summed E-state index contributed by atoms with van der Waals surface area (Å²) in [6.07, 6.45) is 1.08. The SMILES string of the molecule is NCCCCC(N)C(=O)NC(Cc1ccccc1)C(=O)NCC(=O)NC(CC(=O)O)C(=O)O. The van der Waals surface area contributed by atoms with E-state index in [4.69, 9.17) is 21.7 Å². The lowest BCUT2D eigenvalue weighted by Crippen LogP contribution is -2.54. The molecule has 12 heteroatoms. The highest BCUT2D eigenvalue weighted by Crippen LogP contribution is 2.05. The van der Waals surface area contributed by atoms with Crippen molar-refractivity contribution in [3.05, 3.63) is 35.9 Å². The van der Waals surface area contributed by atoms with Crippen LogP contribution >= 0.6 is 0 Å². The number of hydrogen-bond acceptors (Lipinski definition) is 7. The van der Waals surface area contributed by atoms with Crippen LogP contribution in [0.15, 0.2) is 30.3 Å². The molecule has 0 aliphatic rings. The topological polar surface area (TPSA) is 214 Å². The smallest absolute Gasteiger partial charge is 0.326 e. The molecule has 3 unspecified atom stereocenters. The van der Waals surface area contributed by atoms with E-state index in [-0.39, 0.29) is 6.42 Å². The Labute approximate surface area is 191 Å². The van der Waals surface area contributed by atoms with Crippen LogP contribution in [0.2, 0.25) is 0 Å². The fourth-order valence-electron chi connectivity index (χ4n) is 2.89. The fraction of sp³-hybridized carbons (Fsp3) is 0.476. The number of carbonyl (C=O) groups is 5. The number of nitrogens with two attached hydrogens (primary N) is 2. The predicted octanol–water partition coefficient (Wildman–Crippen LogP) is -1.67. The monoisotopic (exact) mass is 465 g/mol. The highest BCUT2D eigenvalue weighted by atomic mass is 16.4. The number of carboxylic acid groups (broad SMARTS) is 2. The van der Waals surface area contributed by atoms with Gasteiger partial charge in [-0.1, -0.05) is 36.8 Å². The molecule has 1 rings (SSSR count). The van der Waals surface area contributed by atoms with Crippen LogP contribution in [-0.4, -0.2) is 71.1 Å². The van der Waals surface area contributed by atoms with Crippen LogP contribution in [0.3, 0.4) is 0 Å². The molecule has 182 valence electrons. The van der Waals surface area contributed by atoms with Gasteiger partial charge in [0.25, 0.3) is 0 Å². The second-order valence-corrected chi connectivity index (χ2v) is 7.42. The maximum absolute atomic E-state index is 12.7. The van der Waals surface area contributed by atoms with Gasteiger partial charge in [-0.05, 0) is 24.9 Å². The maximum Gasteiger partial charge on any atom is 0.326 e. The number of hydrogen-bond donors (Lipinski definition) is 7. The first kappa shape index (κ1) is 27.5. The standard InChI is InChI=1S/C21H31N5O7/c22-9-5-4-8-14(23)19(30)26-15(10-13-6-2-1-3-7-13)20(31)24-12-17(27)25-16(21(32)33)11-18(28)29/h1-3,6-7,14-16H,4-5,8-12,22-23H2,(H,24,31)(H,25,27)(H,26,30)(H,28,29)(H,32,33). The summed E-state index contributed by atoms with van der Waals surface area (Å²) < 4.78 is 0. The van der Waals surface area contributed by atoms with E-state index < -0.39 is 60.8 Å². The van der Waals surface area contributed by atoms with Gasteiger partial charge in [0.1, 0.15) is 12.1 Å². The van der Waals surface area contributed by atoms with Crippen molar-refractivity contribution < 1.29 is 34.2 Å². The summed E-state index contributed by atoms with van der Waals surface area (Å²) >= 11 is 0. The molecule has 0 heterocycles. The van der Waals surface area contributed by atoms with E-state index in [1.165, 1.54) is 0 Å². The summed E-state index contributed by atoms with van der Waals surface area (Å²) in [6, 6.07) is 5.36. The average molecular weight is 466 g/mol. The predicted molar refractivity (Wildman–Crippen MR) is 118 cm³/mol. The average Bonchev–Trinajstić information content (AvgIpc) is 2.76. The van der Waals surface area contributed by atoms with Gasteiger partial charge in [-0.25, -0.2) is 4.79 Å². The number of carboxylic acids is 2. The van der Waals surface area contributed by atoms with E-state index in [0.717, 1.165) is 5.56 Å². The molecule has 0 spiro atoms. The molecule has 0 aliphatic heterocycles. The molecule has 3 atom stereocenters. The normalized spacial score (nSPS) is 13.3. The minimum Gasteiger partial charge on any atom is -0.481 e. The molecular weight excluding hydrogens is 434 g/mol. The molecule has 0 fully saturated rings. The molecule has 0 bridgehead atoms. The summed E-state index contributed by atoms with van der Waals surface area (Å²) in [7, 11) is 0. The minimum absolute atomic E-state index is 0.131. The van der Waals surface area contributed by atoms with Gasteiger partial charge in [-0.2, -0.15) is 0 Å². The third kappa shape index (κ3) is 11.1. The Morgan fingerprint density at radius 2 is 1.58 bits per heavy atom. The lowest BCUT2D eigenvalue weighted by atomic mass is 10.0. The van der Waals surface area contributed by atoms with Crippen LogP contribution in [0.5, 0.6) is 0 Å². The summed E-state index contributed by atoms with van der Waals surface area (Å²) in [5.41, 5.74) is 12.1. The fourth-order valence-corrected chi connectivity index (χ4v) is 2.89. The molecule has 1 aromatic carbocycles. The Morgan fingerprint density at radius 1 is 0.909 bits per heavy atom. The van der Waals surface area contributed by atoms with Gasteiger partial charge in [-0.15, -0.1) is 0 Å². The van der Waals surface area contributed by atoms with Crippen LogP contribution in [0, 0.1) is 0 Å². The van der Waals surface area contributed by atoms with E-state index >= 15 is 0 Å². The molecule has 12 nitrogen and oxygen atoms in total. The first-order valence-electron chi connectivity index (χ1n) is 10.5. The number of unbranched alkanes of at least 4 members (excludes halogenated alkanes) is 1. The minimum atomic E-state index is -1.64. The quantitative estimate of drug-likeness (QED) is 0.147. The van der Waals surface area contributed by atoms with Gasteiger partial charge >= 0.3 is 11.9 Å². The van der Waals surface area contributed by atoms with E-state index in [1.807, 2.05) is 5.32 Å². The van der Waals surface area contributed by atoms with Gasteiger partial charge in [0, 0.05) is 6.42 Å². The molecule has 9 N–H and O–H groups in total. The molecular formula is C21H31N5O7. The Bertz CT molecular complexity index is 818. The zero-order valence-electron chi connectivity index (χ0n) is 18.2. The number of rotatable bonds is 15. The first-order chi connectivity index (χ1) is 15.6. The molecule has 0 radical (unpaired) electrons. The van der Waals surface area contributed by atoms with Gasteiger partial charge in [0.2, 0.25) is 17.7 Å². The molecule has 0 aromatic heterocycles. The van der Waals surface area contributed by atoms with Crippen LogP contribution in [0.25, 0.3) is 0 Å². The summed E-state index contributed by atoms with van der Waals surface area (Å²) in [4.78, 5) is 58.9. The van der Waals surface area contributed by atoms with Crippen molar-refractivity contribution in [3.63, 3.8) is 0 Å². The van der Waals surface area contributed by atoms with Crippen LogP contribution in [0.4, 0.5) is 0 Å². The number of benzene rings is 1. The van der Waals surface area contributed by atoms with E-state index in [0.29, 0.717) is 25.8 Å². The van der Waals surface area contributed by atoms with Crippen molar-refractivity contribution in [2.75, 3.05) is 13.1 Å². The zero-order chi connectivity index (χ0) is 24.8. The van der Waals surface area contributed by atoms with Gasteiger partial charge in [0.05, 0.1) is 19.0 Å². The number of carbonyl (C=O) groups excluding carboxylic acids is 3. The van der Waals surface area contributed by atoms with Crippen molar-refractivity contribution in [1.82, 2.24) is 16.0 Å². The molecule has 0 saturated carbocycles. The molecule has 0 saturated heterocycles. The summed E-state index contributed by atoms with van der Waals surface area (Å²) in [5, 5.41) is 24.7. The molecule has 0 aliphatic carbocycles. The number of nitrogens with one attached hydrogen (secondary N) is 3. The largest absolute Gasteiger partial charge is 0.481 e. The highest BCUT2D eigenvalue weighted by Gasteiger charge is 2.26. The van der Waals surface area contributed by atoms with Crippen molar-refractivity contribution in [3.8, 4) is 0 Å². The Kier molecular flexibility index (Phi) is 12.1. The lowest BCUT2D eigenvalue weighted by Gasteiger charge is -2.21.